The van der Waals surface area contributed by atoms with Gasteiger partial charge in [-0.25, -0.2) is 0 Å². The molecule has 0 saturated heterocycles. The first-order chi connectivity index (χ1) is 13.4. The molecule has 28 heavy (non-hydrogen) atoms. The van der Waals surface area contributed by atoms with Crippen molar-refractivity contribution in [2.45, 2.75) is 26.2 Å². The normalized spacial score (nSPS) is 15.5. The fourth-order valence-corrected chi connectivity index (χ4v) is 4.33. The molecule has 1 heterocycles. The van der Waals surface area contributed by atoms with Crippen molar-refractivity contribution in [3.05, 3.63) is 77.9 Å². The van der Waals surface area contributed by atoms with E-state index in [2.05, 4.69) is 117 Å². The van der Waals surface area contributed by atoms with Crippen molar-refractivity contribution in [2.75, 3.05) is 25.5 Å². The van der Waals surface area contributed by atoms with Crippen LogP contribution >= 0.6 is 0 Å². The lowest BCUT2D eigenvalue weighted by Gasteiger charge is -2.15. The summed E-state index contributed by atoms with van der Waals surface area (Å²) < 4.78 is 2.49. The topological polar surface area (TPSA) is 6.25 Å². The Hall–Kier alpha value is -2.87. The van der Waals surface area contributed by atoms with Crippen molar-refractivity contribution in [1.82, 2.24) is 0 Å². The van der Waals surface area contributed by atoms with Crippen molar-refractivity contribution >= 4 is 33.9 Å². The highest BCUT2D eigenvalue weighted by molar-refractivity contribution is 6.08. The van der Waals surface area contributed by atoms with E-state index in [0.717, 1.165) is 6.54 Å². The molecule has 0 aromatic heterocycles. The molecule has 0 amide bonds. The zero-order chi connectivity index (χ0) is 19.9. The van der Waals surface area contributed by atoms with Crippen LogP contribution in [0.1, 0.15) is 31.9 Å². The molecule has 2 nitrogen and oxygen atoms in total. The summed E-state index contributed by atoms with van der Waals surface area (Å²) in [5.41, 5.74) is 6.57. The Morgan fingerprint density at radius 2 is 1.61 bits per heavy atom. The Balaban J connectivity index is 1.81. The Kier molecular flexibility index (Phi) is 4.58. The summed E-state index contributed by atoms with van der Waals surface area (Å²) in [6, 6.07) is 22.0. The highest BCUT2D eigenvalue weighted by Gasteiger charge is 2.44. The van der Waals surface area contributed by atoms with Gasteiger partial charge in [-0.05, 0) is 56.0 Å². The second-order valence-electron chi connectivity index (χ2n) is 8.26. The van der Waals surface area contributed by atoms with E-state index in [4.69, 9.17) is 0 Å². The second kappa shape index (κ2) is 6.94. The molecule has 0 unspecified atom stereocenters. The minimum Gasteiger partial charge on any atom is -0.378 e. The average Bonchev–Trinajstić information content (AvgIpc) is 2.93. The molecule has 0 atom stereocenters. The smallest absolute Gasteiger partial charge is 0.217 e. The molecule has 0 N–H and O–H groups in total. The fraction of sp³-hybridized carbons (Fsp3) is 0.269. The van der Waals surface area contributed by atoms with Gasteiger partial charge in [0.15, 0.2) is 5.71 Å². The SMILES string of the molecule is CC[N+]1=C(C=Cc2ccc(N(C)C)cc2)C(C)(C)c2ccc3ccccc3c21. The minimum atomic E-state index is -0.0184. The van der Waals surface area contributed by atoms with E-state index in [1.165, 1.54) is 39.0 Å². The van der Waals surface area contributed by atoms with Gasteiger partial charge >= 0.3 is 0 Å². The monoisotopic (exact) mass is 369 g/mol. The van der Waals surface area contributed by atoms with E-state index in [-0.39, 0.29) is 5.41 Å². The summed E-state index contributed by atoms with van der Waals surface area (Å²) in [7, 11) is 4.14. The van der Waals surface area contributed by atoms with E-state index in [0.29, 0.717) is 0 Å². The molecule has 3 aromatic rings. The number of fused-ring (bicyclic) bond motifs is 3. The van der Waals surface area contributed by atoms with Gasteiger partial charge in [-0.15, -0.1) is 0 Å². The largest absolute Gasteiger partial charge is 0.378 e. The molecule has 0 fully saturated rings. The molecule has 0 radical (unpaired) electrons. The third-order valence-corrected chi connectivity index (χ3v) is 5.93. The van der Waals surface area contributed by atoms with Crippen LogP contribution in [0.5, 0.6) is 0 Å². The molecule has 0 saturated carbocycles. The molecular weight excluding hydrogens is 340 g/mol. The first-order valence-electron chi connectivity index (χ1n) is 10.1. The van der Waals surface area contributed by atoms with Crippen LogP contribution in [0.15, 0.2) is 66.7 Å². The van der Waals surface area contributed by atoms with Crippen LogP contribution in [-0.2, 0) is 5.41 Å². The van der Waals surface area contributed by atoms with Crippen molar-refractivity contribution in [3.63, 3.8) is 0 Å². The molecule has 1 aliphatic rings. The predicted octanol–water partition coefficient (Wildman–Crippen LogP) is 6.02. The van der Waals surface area contributed by atoms with Gasteiger partial charge in [-0.2, -0.15) is 4.58 Å². The molecule has 0 spiro atoms. The highest BCUT2D eigenvalue weighted by atomic mass is 15.1. The summed E-state index contributed by atoms with van der Waals surface area (Å²) in [5.74, 6) is 0. The van der Waals surface area contributed by atoms with Crippen molar-refractivity contribution in [2.24, 2.45) is 0 Å². The second-order valence-corrected chi connectivity index (χ2v) is 8.26. The van der Waals surface area contributed by atoms with E-state index in [9.17, 15) is 0 Å². The lowest BCUT2D eigenvalue weighted by Crippen LogP contribution is -2.27. The number of anilines is 1. The number of rotatable bonds is 4. The Bertz CT molecular complexity index is 1080. The van der Waals surface area contributed by atoms with Gasteiger partial charge in [0.25, 0.3) is 0 Å². The summed E-state index contributed by atoms with van der Waals surface area (Å²) in [6.45, 7) is 7.88. The highest BCUT2D eigenvalue weighted by Crippen LogP contribution is 2.44. The molecule has 2 heteroatoms. The van der Waals surface area contributed by atoms with Gasteiger partial charge in [-0.3, -0.25) is 0 Å². The van der Waals surface area contributed by atoms with Crippen LogP contribution in [0.4, 0.5) is 11.4 Å². The zero-order valence-electron chi connectivity index (χ0n) is 17.5. The summed E-state index contributed by atoms with van der Waals surface area (Å²) >= 11 is 0. The van der Waals surface area contributed by atoms with Gasteiger partial charge in [0.05, 0.1) is 10.8 Å². The number of allylic oxidation sites excluding steroid dienone is 1. The van der Waals surface area contributed by atoms with Gasteiger partial charge in [0, 0.05) is 31.4 Å². The van der Waals surface area contributed by atoms with Crippen LogP contribution < -0.4 is 4.90 Å². The third-order valence-electron chi connectivity index (χ3n) is 5.93. The van der Waals surface area contributed by atoms with Gasteiger partial charge in [0.1, 0.15) is 6.54 Å². The van der Waals surface area contributed by atoms with Crippen LogP contribution in [0.3, 0.4) is 0 Å². The third kappa shape index (κ3) is 2.93. The Morgan fingerprint density at radius 3 is 2.29 bits per heavy atom. The van der Waals surface area contributed by atoms with Gasteiger partial charge in [0.2, 0.25) is 5.69 Å². The van der Waals surface area contributed by atoms with Gasteiger partial charge < -0.3 is 4.90 Å². The van der Waals surface area contributed by atoms with Crippen LogP contribution in [0.2, 0.25) is 0 Å². The van der Waals surface area contributed by atoms with Crippen LogP contribution in [0.25, 0.3) is 16.8 Å². The maximum atomic E-state index is 2.49. The minimum absolute atomic E-state index is 0.0184. The van der Waals surface area contributed by atoms with Crippen molar-refractivity contribution < 1.29 is 4.58 Å². The van der Waals surface area contributed by atoms with Crippen LogP contribution in [0, 0.1) is 0 Å². The van der Waals surface area contributed by atoms with Gasteiger partial charge in [-0.1, -0.05) is 42.5 Å². The lowest BCUT2D eigenvalue weighted by molar-refractivity contribution is -0.431. The molecule has 0 bridgehead atoms. The first kappa shape index (κ1) is 18.5. The number of hydrogen-bond acceptors (Lipinski definition) is 1. The number of hydrogen-bond donors (Lipinski definition) is 0. The molecule has 3 aromatic carbocycles. The van der Waals surface area contributed by atoms with Crippen molar-refractivity contribution in [1.29, 1.82) is 0 Å². The molecule has 0 aliphatic carbocycles. The summed E-state index contributed by atoms with van der Waals surface area (Å²) in [5, 5.41) is 2.65. The van der Waals surface area contributed by atoms with E-state index >= 15 is 0 Å². The number of nitrogens with zero attached hydrogens (tertiary/aromatic N) is 2. The van der Waals surface area contributed by atoms with E-state index in [1.54, 1.807) is 0 Å². The fourth-order valence-electron chi connectivity index (χ4n) is 4.33. The van der Waals surface area contributed by atoms with E-state index in [1.807, 2.05) is 0 Å². The molecule has 142 valence electrons. The molecular formula is C26H29N2+. The summed E-state index contributed by atoms with van der Waals surface area (Å²) in [6.07, 6.45) is 4.55. The Morgan fingerprint density at radius 1 is 0.893 bits per heavy atom. The first-order valence-corrected chi connectivity index (χ1v) is 10.1. The summed E-state index contributed by atoms with van der Waals surface area (Å²) in [4.78, 5) is 2.13. The standard InChI is InChI=1S/C26H29N2/c1-6-28-24(18-13-19-11-15-21(16-12-19)27(4)5)26(2,3)23-17-14-20-9-7-8-10-22(20)25(23)28/h7-18H,6H2,1-5H3/q+1. The van der Waals surface area contributed by atoms with Crippen LogP contribution in [-0.4, -0.2) is 30.9 Å². The quantitative estimate of drug-likeness (QED) is 0.510. The molecule has 1 aliphatic heterocycles. The maximum Gasteiger partial charge on any atom is 0.217 e. The maximum absolute atomic E-state index is 2.49. The zero-order valence-corrected chi connectivity index (χ0v) is 17.5. The number of benzene rings is 3. The predicted molar refractivity (Wildman–Crippen MR) is 122 cm³/mol. The molecule has 4 rings (SSSR count). The van der Waals surface area contributed by atoms with E-state index < -0.39 is 0 Å². The van der Waals surface area contributed by atoms with Crippen molar-refractivity contribution in [3.8, 4) is 0 Å². The lowest BCUT2D eigenvalue weighted by atomic mass is 9.80. The average molecular weight is 370 g/mol. The Labute approximate surface area is 168 Å².